The van der Waals surface area contributed by atoms with E-state index in [0.717, 1.165) is 9.35 Å². The average molecular weight is 426 g/mol. The predicted octanol–water partition coefficient (Wildman–Crippen LogP) is 3.28. The summed E-state index contributed by atoms with van der Waals surface area (Å²) < 4.78 is 27.9. The van der Waals surface area contributed by atoms with E-state index in [1.54, 1.807) is 0 Å². The molecule has 2 aromatic rings. The molecule has 1 aromatic heterocycles. The molecule has 0 aliphatic carbocycles. The SMILES string of the molecule is NC(=S)c1ccc(S(=O)(=O)NCc2cc(Br)cs2)cc1Cl. The highest BCUT2D eigenvalue weighted by atomic mass is 79.9. The first kappa shape index (κ1) is 16.9. The molecule has 2 rings (SSSR count). The van der Waals surface area contributed by atoms with Gasteiger partial charge in [-0.05, 0) is 40.2 Å². The van der Waals surface area contributed by atoms with Crippen LogP contribution in [0.15, 0.2) is 39.0 Å². The zero-order chi connectivity index (χ0) is 15.6. The second-order valence-electron chi connectivity index (χ2n) is 4.06. The van der Waals surface area contributed by atoms with Crippen LogP contribution in [0.1, 0.15) is 10.4 Å². The van der Waals surface area contributed by atoms with Crippen molar-refractivity contribution in [3.05, 3.63) is 49.6 Å². The largest absolute Gasteiger partial charge is 0.389 e. The second kappa shape index (κ2) is 6.72. The summed E-state index contributed by atoms with van der Waals surface area (Å²) in [6, 6.07) is 6.12. The van der Waals surface area contributed by atoms with E-state index < -0.39 is 10.0 Å². The number of sulfonamides is 1. The van der Waals surface area contributed by atoms with Crippen molar-refractivity contribution in [1.29, 1.82) is 0 Å². The number of thiocarbonyl (C=S) groups is 1. The lowest BCUT2D eigenvalue weighted by atomic mass is 10.2. The Hall–Kier alpha value is -0.510. The van der Waals surface area contributed by atoms with Gasteiger partial charge in [-0.25, -0.2) is 13.1 Å². The Morgan fingerprint density at radius 2 is 2.14 bits per heavy atom. The zero-order valence-electron chi connectivity index (χ0n) is 10.5. The monoisotopic (exact) mass is 424 g/mol. The molecule has 0 unspecified atom stereocenters. The molecule has 0 saturated heterocycles. The lowest BCUT2D eigenvalue weighted by Gasteiger charge is -2.08. The van der Waals surface area contributed by atoms with Crippen LogP contribution >= 0.6 is 51.1 Å². The summed E-state index contributed by atoms with van der Waals surface area (Å²) in [7, 11) is -3.64. The molecular formula is C12H10BrClN2O2S3. The highest BCUT2D eigenvalue weighted by Gasteiger charge is 2.16. The van der Waals surface area contributed by atoms with Gasteiger partial charge in [0.1, 0.15) is 4.99 Å². The summed E-state index contributed by atoms with van der Waals surface area (Å²) in [6.07, 6.45) is 0. The van der Waals surface area contributed by atoms with Gasteiger partial charge in [-0.1, -0.05) is 23.8 Å². The van der Waals surface area contributed by atoms with E-state index in [2.05, 4.69) is 20.7 Å². The van der Waals surface area contributed by atoms with Gasteiger partial charge in [0.2, 0.25) is 10.0 Å². The van der Waals surface area contributed by atoms with Gasteiger partial charge in [0.05, 0.1) is 9.92 Å². The van der Waals surface area contributed by atoms with Crippen molar-refractivity contribution < 1.29 is 8.42 Å². The smallest absolute Gasteiger partial charge is 0.240 e. The highest BCUT2D eigenvalue weighted by molar-refractivity contribution is 9.10. The molecule has 4 nitrogen and oxygen atoms in total. The van der Waals surface area contributed by atoms with Crippen LogP contribution in [0.4, 0.5) is 0 Å². The number of hydrogen-bond donors (Lipinski definition) is 2. The van der Waals surface area contributed by atoms with Gasteiger partial charge in [0.25, 0.3) is 0 Å². The zero-order valence-corrected chi connectivity index (χ0v) is 15.3. The summed E-state index contributed by atoms with van der Waals surface area (Å²) in [5.41, 5.74) is 5.94. The van der Waals surface area contributed by atoms with E-state index in [1.807, 2.05) is 11.4 Å². The molecule has 1 heterocycles. The third-order valence-electron chi connectivity index (χ3n) is 2.57. The third-order valence-corrected chi connectivity index (χ3v) is 6.20. The Morgan fingerprint density at radius 3 is 2.67 bits per heavy atom. The number of halogens is 2. The van der Waals surface area contributed by atoms with Gasteiger partial charge in [-0.2, -0.15) is 0 Å². The number of rotatable bonds is 5. The van der Waals surface area contributed by atoms with E-state index >= 15 is 0 Å². The molecule has 0 aliphatic rings. The van der Waals surface area contributed by atoms with Crippen LogP contribution in [0.5, 0.6) is 0 Å². The van der Waals surface area contributed by atoms with Crippen LogP contribution in [-0.4, -0.2) is 13.4 Å². The number of benzene rings is 1. The molecular weight excluding hydrogens is 416 g/mol. The van der Waals surface area contributed by atoms with Gasteiger partial charge in [-0.15, -0.1) is 11.3 Å². The fraction of sp³-hybridized carbons (Fsp3) is 0.0833. The predicted molar refractivity (Wildman–Crippen MR) is 93.4 cm³/mol. The first-order valence-corrected chi connectivity index (χ1v) is 9.56. The molecule has 0 spiro atoms. The van der Waals surface area contributed by atoms with Crippen LogP contribution in [0.25, 0.3) is 0 Å². The number of hydrogen-bond acceptors (Lipinski definition) is 4. The van der Waals surface area contributed by atoms with Gasteiger partial charge in [-0.3, -0.25) is 0 Å². The van der Waals surface area contributed by atoms with Crippen LogP contribution < -0.4 is 10.5 Å². The first-order valence-electron chi connectivity index (χ1n) is 5.61. The van der Waals surface area contributed by atoms with Crippen LogP contribution in [0.2, 0.25) is 5.02 Å². The maximum atomic E-state index is 12.2. The second-order valence-corrected chi connectivity index (χ2v) is 8.59. The van der Waals surface area contributed by atoms with Crippen molar-refractivity contribution in [3.8, 4) is 0 Å². The molecule has 0 bridgehead atoms. The van der Waals surface area contributed by atoms with Gasteiger partial charge in [0, 0.05) is 26.8 Å². The van der Waals surface area contributed by atoms with Crippen molar-refractivity contribution in [2.75, 3.05) is 0 Å². The number of nitrogens with two attached hydrogens (primary N) is 1. The van der Waals surface area contributed by atoms with E-state index in [0.29, 0.717) is 5.56 Å². The normalized spacial score (nSPS) is 11.5. The van der Waals surface area contributed by atoms with Crippen LogP contribution in [0.3, 0.4) is 0 Å². The first-order chi connectivity index (χ1) is 9.79. The lowest BCUT2D eigenvalue weighted by molar-refractivity contribution is 0.582. The fourth-order valence-corrected chi connectivity index (χ4v) is 4.65. The van der Waals surface area contributed by atoms with E-state index in [4.69, 9.17) is 29.6 Å². The fourth-order valence-electron chi connectivity index (χ4n) is 1.56. The molecule has 9 heteroatoms. The molecule has 21 heavy (non-hydrogen) atoms. The van der Waals surface area contributed by atoms with Crippen LogP contribution in [0, 0.1) is 0 Å². The van der Waals surface area contributed by atoms with E-state index in [9.17, 15) is 8.42 Å². The van der Waals surface area contributed by atoms with E-state index in [1.165, 1.54) is 29.5 Å². The highest BCUT2D eigenvalue weighted by Crippen LogP contribution is 2.22. The molecule has 1 aromatic carbocycles. The standard InChI is InChI=1S/C12H10BrClN2O2S3/c13-7-3-8(20-6-7)5-16-21(17,18)9-1-2-10(12(15)19)11(14)4-9/h1-4,6,16H,5H2,(H2,15,19). The van der Waals surface area contributed by atoms with Crippen molar-refractivity contribution in [1.82, 2.24) is 4.72 Å². The lowest BCUT2D eigenvalue weighted by Crippen LogP contribution is -2.23. The van der Waals surface area contributed by atoms with Crippen molar-refractivity contribution in [2.24, 2.45) is 5.73 Å². The van der Waals surface area contributed by atoms with Crippen molar-refractivity contribution in [3.63, 3.8) is 0 Å². The Bertz CT molecular complexity index is 790. The molecule has 0 atom stereocenters. The molecule has 0 radical (unpaired) electrons. The van der Waals surface area contributed by atoms with Crippen LogP contribution in [-0.2, 0) is 16.6 Å². The Morgan fingerprint density at radius 1 is 1.43 bits per heavy atom. The Kier molecular flexibility index (Phi) is 5.39. The van der Waals surface area contributed by atoms with Crippen molar-refractivity contribution >= 4 is 66.1 Å². The summed E-state index contributed by atoms with van der Waals surface area (Å²) in [5, 5.41) is 2.10. The number of thiophene rings is 1. The molecule has 0 aliphatic heterocycles. The topological polar surface area (TPSA) is 72.2 Å². The Labute approximate surface area is 145 Å². The molecule has 112 valence electrons. The third kappa shape index (κ3) is 4.24. The molecule has 0 saturated carbocycles. The van der Waals surface area contributed by atoms with Gasteiger partial charge in [0.15, 0.2) is 0 Å². The summed E-state index contributed by atoms with van der Waals surface area (Å²) in [6.45, 7) is 0.216. The quantitative estimate of drug-likeness (QED) is 0.721. The minimum Gasteiger partial charge on any atom is -0.389 e. The maximum absolute atomic E-state index is 12.2. The van der Waals surface area contributed by atoms with Gasteiger partial charge < -0.3 is 5.73 Å². The Balaban J connectivity index is 2.19. The number of nitrogens with one attached hydrogen (secondary N) is 1. The van der Waals surface area contributed by atoms with Crippen molar-refractivity contribution in [2.45, 2.75) is 11.4 Å². The minimum atomic E-state index is -3.64. The van der Waals surface area contributed by atoms with Gasteiger partial charge >= 0.3 is 0 Å². The average Bonchev–Trinajstić information content (AvgIpc) is 2.82. The molecule has 0 fully saturated rings. The summed E-state index contributed by atoms with van der Waals surface area (Å²) in [4.78, 5) is 1.10. The molecule has 0 amide bonds. The van der Waals surface area contributed by atoms with E-state index in [-0.39, 0.29) is 21.5 Å². The summed E-state index contributed by atoms with van der Waals surface area (Å²) >= 11 is 15.6. The maximum Gasteiger partial charge on any atom is 0.240 e. The minimum absolute atomic E-state index is 0.0723. The molecule has 3 N–H and O–H groups in total. The summed E-state index contributed by atoms with van der Waals surface area (Å²) in [5.74, 6) is 0.